The third kappa shape index (κ3) is 5.51. The number of halogens is 1. The molecule has 0 spiro atoms. The minimum Gasteiger partial charge on any atom is -0.352 e. The van der Waals surface area contributed by atoms with E-state index in [1.807, 2.05) is 20.8 Å². The molecule has 2 amide bonds. The van der Waals surface area contributed by atoms with Gasteiger partial charge >= 0.3 is 0 Å². The van der Waals surface area contributed by atoms with Gasteiger partial charge in [0.25, 0.3) is 0 Å². The van der Waals surface area contributed by atoms with Gasteiger partial charge in [-0.15, -0.1) is 11.8 Å². The molecule has 27 heavy (non-hydrogen) atoms. The average Bonchev–Trinajstić information content (AvgIpc) is 3.23. The van der Waals surface area contributed by atoms with E-state index in [1.54, 1.807) is 27.4 Å². The summed E-state index contributed by atoms with van der Waals surface area (Å²) in [6.07, 6.45) is 6.13. The first-order valence-electron chi connectivity index (χ1n) is 9.48. The fourth-order valence-electron chi connectivity index (χ4n) is 2.78. The molecule has 2 atom stereocenters. The molecule has 2 heterocycles. The van der Waals surface area contributed by atoms with Crippen LogP contribution in [-0.2, 0) is 16.1 Å². The molecule has 1 saturated heterocycles. The highest BCUT2D eigenvalue weighted by atomic mass is 35.5. The van der Waals surface area contributed by atoms with E-state index >= 15 is 0 Å². The van der Waals surface area contributed by atoms with Gasteiger partial charge in [0.1, 0.15) is 11.2 Å². The van der Waals surface area contributed by atoms with Crippen LogP contribution in [0, 0.1) is 6.92 Å². The van der Waals surface area contributed by atoms with Crippen LogP contribution in [0.1, 0.15) is 51.3 Å². The van der Waals surface area contributed by atoms with Crippen molar-refractivity contribution in [3.63, 3.8) is 0 Å². The first-order chi connectivity index (χ1) is 12.9. The number of hydrogen-bond acceptors (Lipinski definition) is 4. The quantitative estimate of drug-likeness (QED) is 0.664. The lowest BCUT2D eigenvalue weighted by atomic mass is 10.2. The Bertz CT molecular complexity index is 704. The van der Waals surface area contributed by atoms with Crippen molar-refractivity contribution < 1.29 is 9.59 Å². The Labute approximate surface area is 170 Å². The molecule has 6 nitrogen and oxygen atoms in total. The highest BCUT2D eigenvalue weighted by Crippen LogP contribution is 2.24. The summed E-state index contributed by atoms with van der Waals surface area (Å²) in [5.41, 5.74) is 1.55. The summed E-state index contributed by atoms with van der Waals surface area (Å²) >= 11 is 8.01. The monoisotopic (exact) mass is 412 g/mol. The summed E-state index contributed by atoms with van der Waals surface area (Å²) in [4.78, 5) is 26.7. The molecule has 0 bridgehead atoms. The van der Waals surface area contributed by atoms with E-state index < -0.39 is 6.04 Å². The standard InChI is InChI=1S/C19H29ClN4O2S/c1-5-7-10-24-18(20)15(14(4)22-24)8-9-17(25)23-12-27-11-16(23)19(26)21-13(3)6-2/h8-9,13,16H,5-7,10-12H2,1-4H3,(H,21,26)/b9-8+. The number of thioether (sulfide) groups is 1. The Morgan fingerprint density at radius 2 is 2.19 bits per heavy atom. The average molecular weight is 413 g/mol. The maximum absolute atomic E-state index is 12.7. The van der Waals surface area contributed by atoms with Crippen LogP contribution < -0.4 is 5.32 Å². The molecule has 2 unspecified atom stereocenters. The summed E-state index contributed by atoms with van der Waals surface area (Å²) in [5.74, 6) is 0.875. The van der Waals surface area contributed by atoms with Crippen LogP contribution in [0.15, 0.2) is 6.08 Å². The van der Waals surface area contributed by atoms with Gasteiger partial charge in [-0.05, 0) is 32.8 Å². The third-order valence-electron chi connectivity index (χ3n) is 4.69. The Balaban J connectivity index is 2.07. The molecule has 1 fully saturated rings. The van der Waals surface area contributed by atoms with Gasteiger partial charge in [-0.25, -0.2) is 0 Å². The molecule has 1 N–H and O–H groups in total. The van der Waals surface area contributed by atoms with Crippen molar-refractivity contribution in [2.75, 3.05) is 11.6 Å². The highest BCUT2D eigenvalue weighted by Gasteiger charge is 2.34. The van der Waals surface area contributed by atoms with Crippen LogP contribution in [0.5, 0.6) is 0 Å². The number of carbonyl (C=O) groups excluding carboxylic acids is 2. The van der Waals surface area contributed by atoms with E-state index in [-0.39, 0.29) is 17.9 Å². The number of amides is 2. The molecule has 2 rings (SSSR count). The van der Waals surface area contributed by atoms with Gasteiger partial charge < -0.3 is 10.2 Å². The smallest absolute Gasteiger partial charge is 0.247 e. The van der Waals surface area contributed by atoms with E-state index in [9.17, 15) is 9.59 Å². The molecule has 150 valence electrons. The third-order valence-corrected chi connectivity index (χ3v) is 6.11. The fraction of sp³-hybridized carbons (Fsp3) is 0.632. The summed E-state index contributed by atoms with van der Waals surface area (Å²) < 4.78 is 1.78. The summed E-state index contributed by atoms with van der Waals surface area (Å²) in [5, 5.41) is 7.96. The van der Waals surface area contributed by atoms with Gasteiger partial charge in [0, 0.05) is 30.0 Å². The second kappa shape index (κ2) is 10.2. The van der Waals surface area contributed by atoms with Crippen LogP contribution in [-0.4, -0.2) is 50.2 Å². The van der Waals surface area contributed by atoms with Crippen molar-refractivity contribution in [1.82, 2.24) is 20.0 Å². The van der Waals surface area contributed by atoms with Gasteiger partial charge in [0.15, 0.2) is 0 Å². The van der Waals surface area contributed by atoms with Gasteiger partial charge in [-0.2, -0.15) is 5.10 Å². The van der Waals surface area contributed by atoms with Crippen molar-refractivity contribution in [2.45, 2.75) is 65.6 Å². The number of aryl methyl sites for hydroxylation is 2. The maximum Gasteiger partial charge on any atom is 0.247 e. The van der Waals surface area contributed by atoms with E-state index in [0.717, 1.165) is 37.1 Å². The van der Waals surface area contributed by atoms with Crippen LogP contribution in [0.3, 0.4) is 0 Å². The Kier molecular flexibility index (Phi) is 8.23. The summed E-state index contributed by atoms with van der Waals surface area (Å²) in [6.45, 7) is 8.75. The summed E-state index contributed by atoms with van der Waals surface area (Å²) in [7, 11) is 0. The number of nitrogens with zero attached hydrogens (tertiary/aromatic N) is 3. The van der Waals surface area contributed by atoms with E-state index in [4.69, 9.17) is 11.6 Å². The van der Waals surface area contributed by atoms with Crippen molar-refractivity contribution in [2.24, 2.45) is 0 Å². The fourth-order valence-corrected chi connectivity index (χ4v) is 4.27. The highest BCUT2D eigenvalue weighted by molar-refractivity contribution is 7.99. The lowest BCUT2D eigenvalue weighted by molar-refractivity contribution is -0.135. The molecule has 0 saturated carbocycles. The Morgan fingerprint density at radius 1 is 1.44 bits per heavy atom. The van der Waals surface area contributed by atoms with Crippen molar-refractivity contribution >= 4 is 41.3 Å². The van der Waals surface area contributed by atoms with Gasteiger partial charge in [-0.3, -0.25) is 14.3 Å². The molecular weight excluding hydrogens is 384 g/mol. The number of nitrogens with one attached hydrogen (secondary N) is 1. The molecule has 0 radical (unpaired) electrons. The number of hydrogen-bond donors (Lipinski definition) is 1. The molecule has 0 aromatic carbocycles. The number of carbonyl (C=O) groups is 2. The zero-order chi connectivity index (χ0) is 20.0. The van der Waals surface area contributed by atoms with Gasteiger partial charge in [0.05, 0.1) is 11.6 Å². The van der Waals surface area contributed by atoms with Crippen molar-refractivity contribution in [3.05, 3.63) is 22.5 Å². The van der Waals surface area contributed by atoms with Crippen molar-refractivity contribution in [1.29, 1.82) is 0 Å². The van der Waals surface area contributed by atoms with E-state index in [1.165, 1.54) is 6.08 Å². The Hall–Kier alpha value is -1.47. The first-order valence-corrected chi connectivity index (χ1v) is 11.0. The lowest BCUT2D eigenvalue weighted by Gasteiger charge is -2.23. The minimum absolute atomic E-state index is 0.0855. The number of unbranched alkanes of at least 4 members (excludes halogenated alkanes) is 1. The van der Waals surface area contributed by atoms with Crippen molar-refractivity contribution in [3.8, 4) is 0 Å². The normalized spacial score (nSPS) is 18.3. The first kappa shape index (κ1) is 21.8. The topological polar surface area (TPSA) is 67.2 Å². The van der Waals surface area contributed by atoms with Crippen LogP contribution in [0.2, 0.25) is 5.15 Å². The molecule has 1 aromatic heterocycles. The zero-order valence-electron chi connectivity index (χ0n) is 16.5. The molecular formula is C19H29ClN4O2S. The molecule has 8 heteroatoms. The van der Waals surface area contributed by atoms with E-state index in [0.29, 0.717) is 16.8 Å². The second-order valence-electron chi connectivity index (χ2n) is 6.84. The number of aromatic nitrogens is 2. The molecule has 0 aliphatic carbocycles. The summed E-state index contributed by atoms with van der Waals surface area (Å²) in [6, 6.07) is -0.323. The SMILES string of the molecule is CCCCn1nc(C)c(/C=C/C(=O)N2CSCC2C(=O)NC(C)CC)c1Cl. The largest absolute Gasteiger partial charge is 0.352 e. The molecule has 1 aliphatic rings. The second-order valence-corrected chi connectivity index (χ2v) is 8.20. The van der Waals surface area contributed by atoms with Crippen LogP contribution >= 0.6 is 23.4 Å². The Morgan fingerprint density at radius 3 is 2.85 bits per heavy atom. The minimum atomic E-state index is -0.426. The zero-order valence-corrected chi connectivity index (χ0v) is 18.1. The number of rotatable bonds is 8. The van der Waals surface area contributed by atoms with E-state index in [2.05, 4.69) is 17.3 Å². The van der Waals surface area contributed by atoms with Crippen LogP contribution in [0.25, 0.3) is 6.08 Å². The van der Waals surface area contributed by atoms with Gasteiger partial charge in [0.2, 0.25) is 11.8 Å². The predicted molar refractivity (Wildman–Crippen MR) is 112 cm³/mol. The maximum atomic E-state index is 12.7. The lowest BCUT2D eigenvalue weighted by Crippen LogP contribution is -2.48. The molecule has 1 aromatic rings. The van der Waals surface area contributed by atoms with Gasteiger partial charge in [-0.1, -0.05) is 31.9 Å². The predicted octanol–water partition coefficient (Wildman–Crippen LogP) is 3.47. The molecule has 1 aliphatic heterocycles. The van der Waals surface area contributed by atoms with Crippen LogP contribution in [0.4, 0.5) is 0 Å².